The minimum atomic E-state index is -3.31. The number of sulfone groups is 1. The molecule has 1 N–H and O–H groups in total. The number of rotatable bonds is 4. The number of hydrogen-bond donors (Lipinski definition) is 1. The molecule has 0 unspecified atom stereocenters. The summed E-state index contributed by atoms with van der Waals surface area (Å²) in [6.45, 7) is 5.97. The summed E-state index contributed by atoms with van der Waals surface area (Å²) < 4.78 is 29.5. The molecule has 0 fully saturated rings. The lowest BCUT2D eigenvalue weighted by Crippen LogP contribution is -2.22. The van der Waals surface area contributed by atoms with Crippen LogP contribution in [0.5, 0.6) is 5.75 Å². The molecule has 3 aromatic rings. The third kappa shape index (κ3) is 4.29. The second-order valence-electron chi connectivity index (χ2n) is 7.04. The first-order chi connectivity index (χ1) is 12.1. The summed E-state index contributed by atoms with van der Waals surface area (Å²) in [5.74, 6) is 1.32. The maximum Gasteiger partial charge on any atom is 0.175 e. The van der Waals surface area contributed by atoms with Crippen molar-refractivity contribution < 1.29 is 13.2 Å². The molecular formula is C19H21N3O3S. The minimum absolute atomic E-state index is 0.233. The molecular weight excluding hydrogens is 350 g/mol. The third-order valence-corrected chi connectivity index (χ3v) is 4.69. The van der Waals surface area contributed by atoms with Gasteiger partial charge in [0.1, 0.15) is 23.5 Å². The number of fused-ring (bicyclic) bond motifs is 1. The number of ether oxygens (including phenoxy) is 1. The summed E-state index contributed by atoms with van der Waals surface area (Å²) in [5, 5.41) is 3.86. The third-order valence-electron chi connectivity index (χ3n) is 3.58. The molecule has 1 aromatic heterocycles. The van der Waals surface area contributed by atoms with Crippen LogP contribution in [0.25, 0.3) is 10.9 Å². The molecule has 7 heteroatoms. The molecule has 0 bridgehead atoms. The lowest BCUT2D eigenvalue weighted by atomic mass is 10.2. The monoisotopic (exact) mass is 371 g/mol. The Morgan fingerprint density at radius 1 is 1.00 bits per heavy atom. The van der Waals surface area contributed by atoms with Gasteiger partial charge in [0, 0.05) is 17.3 Å². The van der Waals surface area contributed by atoms with Crippen molar-refractivity contribution >= 4 is 32.2 Å². The molecule has 0 amide bonds. The fourth-order valence-corrected chi connectivity index (χ4v) is 3.11. The summed E-state index contributed by atoms with van der Waals surface area (Å²) in [5.41, 5.74) is 1.22. The Bertz CT molecular complexity index is 1040. The molecule has 0 aliphatic rings. The summed E-state index contributed by atoms with van der Waals surface area (Å²) in [4.78, 5) is 8.69. The average molecular weight is 371 g/mol. The maximum absolute atomic E-state index is 11.8. The van der Waals surface area contributed by atoms with Gasteiger partial charge in [-0.3, -0.25) is 0 Å². The van der Waals surface area contributed by atoms with E-state index in [1.165, 1.54) is 12.6 Å². The Morgan fingerprint density at radius 2 is 1.69 bits per heavy atom. The van der Waals surface area contributed by atoms with Gasteiger partial charge in [-0.25, -0.2) is 18.4 Å². The van der Waals surface area contributed by atoms with Gasteiger partial charge < -0.3 is 10.1 Å². The fraction of sp³-hybridized carbons (Fsp3) is 0.263. The fourth-order valence-electron chi connectivity index (χ4n) is 2.46. The highest BCUT2D eigenvalue weighted by Gasteiger charge is 2.13. The SMILES string of the molecule is CC(C)(C)Oc1ccc(Nc2ncnc3ccc(S(C)(=O)=O)cc23)cc1. The van der Waals surface area contributed by atoms with E-state index in [0.717, 1.165) is 11.4 Å². The van der Waals surface area contributed by atoms with E-state index in [2.05, 4.69) is 15.3 Å². The number of hydrogen-bond acceptors (Lipinski definition) is 6. The van der Waals surface area contributed by atoms with Gasteiger partial charge >= 0.3 is 0 Å². The molecule has 6 nitrogen and oxygen atoms in total. The molecule has 136 valence electrons. The summed E-state index contributed by atoms with van der Waals surface area (Å²) in [7, 11) is -3.31. The molecule has 0 atom stereocenters. The number of aromatic nitrogens is 2. The normalized spacial score (nSPS) is 12.2. The van der Waals surface area contributed by atoms with Gasteiger partial charge in [-0.15, -0.1) is 0 Å². The predicted molar refractivity (Wildman–Crippen MR) is 103 cm³/mol. The Balaban J connectivity index is 1.93. The molecule has 0 saturated heterocycles. The molecule has 0 spiro atoms. The Morgan fingerprint density at radius 3 is 2.31 bits per heavy atom. The minimum Gasteiger partial charge on any atom is -0.488 e. The highest BCUT2D eigenvalue weighted by atomic mass is 32.2. The van der Waals surface area contributed by atoms with Crippen molar-refractivity contribution in [2.24, 2.45) is 0 Å². The van der Waals surface area contributed by atoms with Crippen molar-refractivity contribution in [1.82, 2.24) is 9.97 Å². The Hall–Kier alpha value is -2.67. The van der Waals surface area contributed by atoms with E-state index >= 15 is 0 Å². The molecule has 3 rings (SSSR count). The summed E-state index contributed by atoms with van der Waals surface area (Å²) >= 11 is 0. The van der Waals surface area contributed by atoms with E-state index in [1.807, 2.05) is 45.0 Å². The number of anilines is 2. The largest absolute Gasteiger partial charge is 0.488 e. The highest BCUT2D eigenvalue weighted by molar-refractivity contribution is 7.90. The number of nitrogens with zero attached hydrogens (tertiary/aromatic N) is 2. The topological polar surface area (TPSA) is 81.2 Å². The van der Waals surface area contributed by atoms with Gasteiger partial charge in [0.15, 0.2) is 9.84 Å². The quantitative estimate of drug-likeness (QED) is 0.748. The Kier molecular flexibility index (Phi) is 4.58. The van der Waals surface area contributed by atoms with E-state index in [9.17, 15) is 8.42 Å². The highest BCUT2D eigenvalue weighted by Crippen LogP contribution is 2.27. The molecule has 0 radical (unpaired) electrons. The van der Waals surface area contributed by atoms with Gasteiger partial charge in [-0.05, 0) is 63.2 Å². The molecule has 0 saturated carbocycles. The summed E-state index contributed by atoms with van der Waals surface area (Å²) in [6.07, 6.45) is 2.63. The Labute approximate surface area is 153 Å². The second kappa shape index (κ2) is 6.57. The maximum atomic E-state index is 11.8. The van der Waals surface area contributed by atoms with Gasteiger partial charge in [-0.1, -0.05) is 0 Å². The lowest BCUT2D eigenvalue weighted by Gasteiger charge is -2.21. The zero-order valence-corrected chi connectivity index (χ0v) is 16.0. The first kappa shape index (κ1) is 18.1. The first-order valence-electron chi connectivity index (χ1n) is 8.13. The van der Waals surface area contributed by atoms with Crippen LogP contribution >= 0.6 is 0 Å². The smallest absolute Gasteiger partial charge is 0.175 e. The zero-order valence-electron chi connectivity index (χ0n) is 15.1. The van der Waals surface area contributed by atoms with Crippen molar-refractivity contribution in [3.05, 3.63) is 48.8 Å². The average Bonchev–Trinajstić information content (AvgIpc) is 2.54. The molecule has 0 aliphatic heterocycles. The van der Waals surface area contributed by atoms with E-state index in [1.54, 1.807) is 18.2 Å². The van der Waals surface area contributed by atoms with Crippen molar-refractivity contribution in [1.29, 1.82) is 0 Å². The van der Waals surface area contributed by atoms with Crippen molar-refractivity contribution in [3.63, 3.8) is 0 Å². The number of benzene rings is 2. The van der Waals surface area contributed by atoms with Gasteiger partial charge in [0.25, 0.3) is 0 Å². The van der Waals surface area contributed by atoms with Crippen LogP contribution in [0.2, 0.25) is 0 Å². The van der Waals surface area contributed by atoms with Crippen LogP contribution in [-0.4, -0.2) is 30.2 Å². The second-order valence-corrected chi connectivity index (χ2v) is 9.05. The van der Waals surface area contributed by atoms with Gasteiger partial charge in [0.2, 0.25) is 0 Å². The van der Waals surface area contributed by atoms with Crippen LogP contribution in [0.1, 0.15) is 20.8 Å². The van der Waals surface area contributed by atoms with E-state index in [0.29, 0.717) is 16.7 Å². The molecule has 1 heterocycles. The van der Waals surface area contributed by atoms with E-state index < -0.39 is 9.84 Å². The zero-order chi connectivity index (χ0) is 18.9. The van der Waals surface area contributed by atoms with Crippen LogP contribution in [0, 0.1) is 0 Å². The van der Waals surface area contributed by atoms with Crippen molar-refractivity contribution in [3.8, 4) is 5.75 Å². The van der Waals surface area contributed by atoms with Crippen LogP contribution in [-0.2, 0) is 9.84 Å². The van der Waals surface area contributed by atoms with Crippen LogP contribution in [0.4, 0.5) is 11.5 Å². The molecule has 26 heavy (non-hydrogen) atoms. The van der Waals surface area contributed by atoms with Crippen LogP contribution < -0.4 is 10.1 Å². The predicted octanol–water partition coefficient (Wildman–Crippen LogP) is 3.95. The first-order valence-corrected chi connectivity index (χ1v) is 10.0. The van der Waals surface area contributed by atoms with Crippen molar-refractivity contribution in [2.75, 3.05) is 11.6 Å². The van der Waals surface area contributed by atoms with E-state index in [4.69, 9.17) is 4.74 Å². The number of nitrogens with one attached hydrogen (secondary N) is 1. The van der Waals surface area contributed by atoms with Gasteiger partial charge in [-0.2, -0.15) is 0 Å². The standard InChI is InChI=1S/C19H21N3O3S/c1-19(2,3)25-14-7-5-13(6-8-14)22-18-16-11-15(26(4,23)24)9-10-17(16)20-12-21-18/h5-12H,1-4H3,(H,20,21,22). The lowest BCUT2D eigenvalue weighted by molar-refractivity contribution is 0.131. The van der Waals surface area contributed by atoms with Crippen LogP contribution in [0.3, 0.4) is 0 Å². The van der Waals surface area contributed by atoms with Crippen molar-refractivity contribution in [2.45, 2.75) is 31.3 Å². The van der Waals surface area contributed by atoms with Crippen LogP contribution in [0.15, 0.2) is 53.7 Å². The summed E-state index contributed by atoms with van der Waals surface area (Å²) in [6, 6.07) is 12.3. The van der Waals surface area contributed by atoms with E-state index in [-0.39, 0.29) is 10.5 Å². The molecule has 2 aromatic carbocycles. The molecule has 0 aliphatic carbocycles. The van der Waals surface area contributed by atoms with Gasteiger partial charge in [0.05, 0.1) is 10.4 Å².